The van der Waals surface area contributed by atoms with Crippen LogP contribution in [0.3, 0.4) is 0 Å². The Kier molecular flexibility index (Phi) is 4.68. The number of hydrogen-bond donors (Lipinski definition) is 1. The van der Waals surface area contributed by atoms with Crippen molar-refractivity contribution in [2.45, 2.75) is 37.0 Å². The van der Waals surface area contributed by atoms with E-state index in [0.717, 1.165) is 24.3 Å². The van der Waals surface area contributed by atoms with E-state index in [1.165, 1.54) is 0 Å². The summed E-state index contributed by atoms with van der Waals surface area (Å²) in [6.45, 7) is 0.446. The van der Waals surface area contributed by atoms with Crippen LogP contribution in [0.2, 0.25) is 0 Å². The van der Waals surface area contributed by atoms with Gasteiger partial charge in [0.2, 0.25) is 0 Å². The minimum Gasteiger partial charge on any atom is -0.385 e. The molecule has 0 amide bonds. The summed E-state index contributed by atoms with van der Waals surface area (Å²) in [4.78, 5) is 9.68. The number of aliphatic hydroxyl groups is 1. The Balaban J connectivity index is 3.42. The first-order valence-corrected chi connectivity index (χ1v) is 5.92. The summed E-state index contributed by atoms with van der Waals surface area (Å²) in [5.41, 5.74) is -10.6. The van der Waals surface area contributed by atoms with E-state index < -0.39 is 46.2 Å². The van der Waals surface area contributed by atoms with E-state index in [2.05, 4.69) is 0 Å². The standard InChI is InChI=1S/C12H10F7NO3/c1-9(21,7-4-2-3-5-8(7)20(22)23)6-10(13,11(14,15)16)12(17,18)19/h2-5,21H,6H2,1H3. The van der Waals surface area contributed by atoms with Gasteiger partial charge in [0.25, 0.3) is 5.69 Å². The molecule has 4 nitrogen and oxygen atoms in total. The van der Waals surface area contributed by atoms with Gasteiger partial charge in [-0.2, -0.15) is 26.3 Å². The van der Waals surface area contributed by atoms with E-state index in [4.69, 9.17) is 0 Å². The molecule has 130 valence electrons. The van der Waals surface area contributed by atoms with Crippen molar-refractivity contribution in [3.05, 3.63) is 39.9 Å². The zero-order valence-electron chi connectivity index (χ0n) is 11.4. The van der Waals surface area contributed by atoms with Crippen molar-refractivity contribution in [1.29, 1.82) is 0 Å². The molecule has 1 rings (SSSR count). The third-order valence-electron chi connectivity index (χ3n) is 3.17. The molecule has 1 N–H and O–H groups in total. The van der Waals surface area contributed by atoms with Crippen LogP contribution in [-0.4, -0.2) is 28.1 Å². The third kappa shape index (κ3) is 3.54. The molecule has 11 heteroatoms. The quantitative estimate of drug-likeness (QED) is 0.507. The van der Waals surface area contributed by atoms with Gasteiger partial charge in [-0.1, -0.05) is 12.1 Å². The summed E-state index contributed by atoms with van der Waals surface area (Å²) >= 11 is 0. The number of para-hydroxylation sites is 1. The fourth-order valence-electron chi connectivity index (χ4n) is 2.02. The molecule has 0 aliphatic carbocycles. The zero-order chi connectivity index (χ0) is 18.3. The van der Waals surface area contributed by atoms with Crippen LogP contribution in [0.4, 0.5) is 36.4 Å². The van der Waals surface area contributed by atoms with Gasteiger partial charge in [-0.05, 0) is 13.0 Å². The summed E-state index contributed by atoms with van der Waals surface area (Å²) in [6, 6.07) is 3.67. The van der Waals surface area contributed by atoms with E-state index in [0.29, 0.717) is 6.92 Å². The van der Waals surface area contributed by atoms with Gasteiger partial charge >= 0.3 is 18.0 Å². The topological polar surface area (TPSA) is 63.4 Å². The number of halogens is 7. The summed E-state index contributed by atoms with van der Waals surface area (Å²) < 4.78 is 89.1. The number of nitro groups is 1. The monoisotopic (exact) mass is 349 g/mol. The highest BCUT2D eigenvalue weighted by Crippen LogP contribution is 2.52. The first-order chi connectivity index (χ1) is 10.1. The van der Waals surface area contributed by atoms with Crippen molar-refractivity contribution in [3.63, 3.8) is 0 Å². The lowest BCUT2D eigenvalue weighted by Crippen LogP contribution is -2.56. The number of alkyl halides is 7. The highest BCUT2D eigenvalue weighted by Gasteiger charge is 2.74. The maximum atomic E-state index is 13.7. The first-order valence-electron chi connectivity index (χ1n) is 5.92. The van der Waals surface area contributed by atoms with Crippen LogP contribution in [0.1, 0.15) is 18.9 Å². The maximum Gasteiger partial charge on any atom is 0.431 e. The molecule has 1 atom stereocenters. The highest BCUT2D eigenvalue weighted by atomic mass is 19.4. The van der Waals surface area contributed by atoms with Gasteiger partial charge in [0, 0.05) is 12.5 Å². The van der Waals surface area contributed by atoms with Crippen LogP contribution < -0.4 is 0 Å². The fourth-order valence-corrected chi connectivity index (χ4v) is 2.02. The normalized spacial score (nSPS) is 16.0. The van der Waals surface area contributed by atoms with Gasteiger partial charge in [-0.25, -0.2) is 4.39 Å². The number of nitrogens with zero attached hydrogens (tertiary/aromatic N) is 1. The predicted molar refractivity (Wildman–Crippen MR) is 63.2 cm³/mol. The van der Waals surface area contributed by atoms with E-state index in [1.54, 1.807) is 0 Å². The Hall–Kier alpha value is -1.91. The van der Waals surface area contributed by atoms with Crippen molar-refractivity contribution < 1.29 is 40.8 Å². The van der Waals surface area contributed by atoms with Gasteiger partial charge in [-0.15, -0.1) is 0 Å². The fraction of sp³-hybridized carbons (Fsp3) is 0.500. The third-order valence-corrected chi connectivity index (χ3v) is 3.17. The molecular weight excluding hydrogens is 339 g/mol. The molecule has 0 aliphatic heterocycles. The van der Waals surface area contributed by atoms with E-state index >= 15 is 0 Å². The average molecular weight is 349 g/mol. The molecule has 0 saturated heterocycles. The Labute approximate surface area is 124 Å². The van der Waals surface area contributed by atoms with Crippen molar-refractivity contribution in [2.24, 2.45) is 0 Å². The molecule has 0 heterocycles. The molecule has 1 aromatic rings. The Morgan fingerprint density at radius 2 is 1.48 bits per heavy atom. The molecule has 1 unspecified atom stereocenters. The predicted octanol–water partition coefficient (Wildman–Crippen LogP) is 4.03. The number of benzene rings is 1. The number of rotatable bonds is 4. The number of hydrogen-bond acceptors (Lipinski definition) is 3. The first kappa shape index (κ1) is 19.1. The van der Waals surface area contributed by atoms with E-state index in [-0.39, 0.29) is 0 Å². The van der Waals surface area contributed by atoms with Crippen LogP contribution in [0, 0.1) is 10.1 Å². The summed E-state index contributed by atoms with van der Waals surface area (Å²) in [7, 11) is 0. The molecular formula is C12H10F7NO3. The van der Waals surface area contributed by atoms with Gasteiger partial charge < -0.3 is 5.11 Å². The summed E-state index contributed by atoms with van der Waals surface area (Å²) in [5, 5.41) is 20.7. The molecule has 0 radical (unpaired) electrons. The Morgan fingerprint density at radius 3 is 1.87 bits per heavy atom. The Bertz CT molecular complexity index is 581. The molecule has 0 spiro atoms. The van der Waals surface area contributed by atoms with Gasteiger partial charge in [0.05, 0.1) is 16.1 Å². The van der Waals surface area contributed by atoms with Crippen LogP contribution in [0.15, 0.2) is 24.3 Å². The minimum absolute atomic E-state index is 0.446. The van der Waals surface area contributed by atoms with Crippen molar-refractivity contribution in [3.8, 4) is 0 Å². The lowest BCUT2D eigenvalue weighted by atomic mass is 9.82. The smallest absolute Gasteiger partial charge is 0.385 e. The van der Waals surface area contributed by atoms with Gasteiger partial charge in [0.1, 0.15) is 0 Å². The second kappa shape index (κ2) is 5.62. The maximum absolute atomic E-state index is 13.7. The van der Waals surface area contributed by atoms with Crippen molar-refractivity contribution >= 4 is 5.69 Å². The lowest BCUT2D eigenvalue weighted by Gasteiger charge is -2.35. The van der Waals surface area contributed by atoms with E-state index in [9.17, 15) is 46.0 Å². The average Bonchev–Trinajstić information content (AvgIpc) is 2.35. The van der Waals surface area contributed by atoms with Crippen LogP contribution in [0.5, 0.6) is 0 Å². The minimum atomic E-state index is -6.36. The lowest BCUT2D eigenvalue weighted by molar-refractivity contribution is -0.387. The Morgan fingerprint density at radius 1 is 1.04 bits per heavy atom. The molecule has 0 bridgehead atoms. The second-order valence-electron chi connectivity index (χ2n) is 5.02. The van der Waals surface area contributed by atoms with E-state index in [1.807, 2.05) is 0 Å². The SMILES string of the molecule is CC(O)(CC(F)(C(F)(F)F)C(F)(F)F)c1ccccc1[N+](=O)[O-]. The van der Waals surface area contributed by atoms with Gasteiger partial charge in [0.15, 0.2) is 0 Å². The molecule has 23 heavy (non-hydrogen) atoms. The highest BCUT2D eigenvalue weighted by molar-refractivity contribution is 5.43. The zero-order valence-corrected chi connectivity index (χ0v) is 11.4. The largest absolute Gasteiger partial charge is 0.431 e. The molecule has 0 aliphatic rings. The molecule has 1 aromatic carbocycles. The summed E-state index contributed by atoms with van der Waals surface area (Å²) in [5.74, 6) is 0. The second-order valence-corrected chi connectivity index (χ2v) is 5.02. The van der Waals surface area contributed by atoms with Crippen LogP contribution in [0.25, 0.3) is 0 Å². The molecule has 0 saturated carbocycles. The van der Waals surface area contributed by atoms with Crippen LogP contribution >= 0.6 is 0 Å². The van der Waals surface area contributed by atoms with Crippen molar-refractivity contribution in [2.75, 3.05) is 0 Å². The summed E-state index contributed by atoms with van der Waals surface area (Å²) in [6.07, 6.45) is -15.2. The van der Waals surface area contributed by atoms with Crippen molar-refractivity contribution in [1.82, 2.24) is 0 Å². The van der Waals surface area contributed by atoms with Gasteiger partial charge in [-0.3, -0.25) is 10.1 Å². The van der Waals surface area contributed by atoms with Crippen LogP contribution in [-0.2, 0) is 5.60 Å². The molecule has 0 fully saturated rings. The molecule has 0 aromatic heterocycles. The number of nitro benzene ring substituents is 1.